The summed E-state index contributed by atoms with van der Waals surface area (Å²) in [5.41, 5.74) is -0.106. The molecule has 1 N–H and O–H groups in total. The van der Waals surface area contributed by atoms with Gasteiger partial charge in [0.2, 0.25) is 0 Å². The molecule has 0 fully saturated rings. The van der Waals surface area contributed by atoms with E-state index in [0.717, 1.165) is 11.8 Å². The Labute approximate surface area is 141 Å². The minimum atomic E-state index is -0.835. The molecule has 124 valence electrons. The third-order valence-corrected chi connectivity index (χ3v) is 4.34. The molecule has 1 amide bonds. The smallest absolute Gasteiger partial charge is 0.259 e. The lowest BCUT2D eigenvalue weighted by Crippen LogP contribution is -2.22. The number of nitrogens with one attached hydrogen (secondary N) is 1. The zero-order valence-electron chi connectivity index (χ0n) is 12.9. The van der Waals surface area contributed by atoms with Gasteiger partial charge in [0.05, 0.1) is 5.56 Å². The number of halogens is 1. The third-order valence-electron chi connectivity index (χ3n) is 2.98. The number of aromatic nitrogens is 2. The molecule has 0 saturated carbocycles. The van der Waals surface area contributed by atoms with E-state index in [1.165, 1.54) is 44.2 Å². The molecule has 1 aromatic carbocycles. The first kappa shape index (κ1) is 17.7. The van der Waals surface area contributed by atoms with Crippen LogP contribution in [-0.4, -0.2) is 32.9 Å². The van der Waals surface area contributed by atoms with Crippen LogP contribution in [0.15, 0.2) is 41.4 Å². The van der Waals surface area contributed by atoms with E-state index < -0.39 is 17.0 Å². The van der Waals surface area contributed by atoms with Crippen LogP contribution in [0.1, 0.15) is 24.2 Å². The summed E-state index contributed by atoms with van der Waals surface area (Å²) in [7, 11) is 0. The van der Waals surface area contributed by atoms with Gasteiger partial charge >= 0.3 is 0 Å². The van der Waals surface area contributed by atoms with Gasteiger partial charge in [-0.05, 0) is 38.1 Å². The van der Waals surface area contributed by atoms with Crippen LogP contribution in [-0.2, 0) is 9.59 Å². The van der Waals surface area contributed by atoms with Crippen molar-refractivity contribution >= 4 is 35.1 Å². The fourth-order valence-electron chi connectivity index (χ4n) is 1.85. The van der Waals surface area contributed by atoms with Crippen molar-refractivity contribution in [1.29, 1.82) is 0 Å². The Balaban J connectivity index is 2.07. The molecule has 2 aromatic rings. The van der Waals surface area contributed by atoms with Gasteiger partial charge < -0.3 is 5.32 Å². The maximum absolute atomic E-state index is 13.5. The Kier molecular flexibility index (Phi) is 5.75. The predicted octanol–water partition coefficient (Wildman–Crippen LogP) is 2.51. The molecule has 0 radical (unpaired) electrons. The van der Waals surface area contributed by atoms with Gasteiger partial charge in [0, 0.05) is 0 Å². The van der Waals surface area contributed by atoms with Crippen LogP contribution in [0.5, 0.6) is 0 Å². The van der Waals surface area contributed by atoms with Crippen LogP contribution in [0.3, 0.4) is 0 Å². The summed E-state index contributed by atoms with van der Waals surface area (Å²) in [5, 5.41) is 9.61. The van der Waals surface area contributed by atoms with E-state index in [4.69, 9.17) is 0 Å². The van der Waals surface area contributed by atoms with Gasteiger partial charge in [-0.25, -0.2) is 4.39 Å². The molecule has 0 aliphatic heterocycles. The van der Waals surface area contributed by atoms with E-state index in [2.05, 4.69) is 15.5 Å². The molecule has 2 rings (SSSR count). The Morgan fingerprint density at radius 1 is 1.04 bits per heavy atom. The fourth-order valence-corrected chi connectivity index (χ4v) is 2.66. The Bertz CT molecular complexity index is 766. The Hall–Kier alpha value is -2.61. The molecule has 0 aliphatic carbocycles. The highest BCUT2D eigenvalue weighted by molar-refractivity contribution is 8.01. The van der Waals surface area contributed by atoms with Gasteiger partial charge in [-0.3, -0.25) is 14.4 Å². The van der Waals surface area contributed by atoms with Gasteiger partial charge in [-0.2, -0.15) is 0 Å². The molecule has 0 saturated heterocycles. The van der Waals surface area contributed by atoms with Crippen LogP contribution in [0.25, 0.3) is 0 Å². The van der Waals surface area contributed by atoms with Gasteiger partial charge in [0.1, 0.15) is 16.1 Å². The minimum absolute atomic E-state index is 0.106. The molecule has 0 aliphatic rings. The highest BCUT2D eigenvalue weighted by atomic mass is 32.2. The Morgan fingerprint density at radius 3 is 2.25 bits per heavy atom. The molecular weight excluding hydrogens is 333 g/mol. The molecule has 8 heteroatoms. The van der Waals surface area contributed by atoms with Crippen molar-refractivity contribution in [3.63, 3.8) is 0 Å². The SMILES string of the molecule is CC(=O)C(Sc1ccc(NC(=O)c2ccccc2F)nn1)C(C)=O. The highest BCUT2D eigenvalue weighted by Crippen LogP contribution is 2.23. The monoisotopic (exact) mass is 347 g/mol. The second-order valence-electron chi connectivity index (χ2n) is 4.91. The average molecular weight is 347 g/mol. The second-order valence-corrected chi connectivity index (χ2v) is 6.04. The third kappa shape index (κ3) is 4.45. The zero-order chi connectivity index (χ0) is 17.7. The number of hydrogen-bond donors (Lipinski definition) is 1. The van der Waals surface area contributed by atoms with E-state index in [0.29, 0.717) is 5.03 Å². The van der Waals surface area contributed by atoms with Crippen LogP contribution >= 0.6 is 11.8 Å². The molecule has 24 heavy (non-hydrogen) atoms. The maximum Gasteiger partial charge on any atom is 0.259 e. The Morgan fingerprint density at radius 2 is 1.71 bits per heavy atom. The van der Waals surface area contributed by atoms with Crippen molar-refractivity contribution in [2.45, 2.75) is 24.1 Å². The number of benzene rings is 1. The summed E-state index contributed by atoms with van der Waals surface area (Å²) >= 11 is 0.986. The maximum atomic E-state index is 13.5. The number of thioether (sulfide) groups is 1. The lowest BCUT2D eigenvalue weighted by atomic mass is 10.2. The summed E-state index contributed by atoms with van der Waals surface area (Å²) < 4.78 is 13.5. The topological polar surface area (TPSA) is 89.0 Å². The van der Waals surface area contributed by atoms with Gasteiger partial charge in [-0.15, -0.1) is 10.2 Å². The van der Waals surface area contributed by atoms with Crippen molar-refractivity contribution in [2.24, 2.45) is 0 Å². The molecule has 1 aromatic heterocycles. The predicted molar refractivity (Wildman–Crippen MR) is 87.4 cm³/mol. The fraction of sp³-hybridized carbons (Fsp3) is 0.188. The van der Waals surface area contributed by atoms with Crippen LogP contribution in [0.4, 0.5) is 10.2 Å². The van der Waals surface area contributed by atoms with E-state index in [9.17, 15) is 18.8 Å². The first-order valence-corrected chi connectivity index (χ1v) is 7.83. The second kappa shape index (κ2) is 7.78. The normalized spacial score (nSPS) is 10.5. The number of anilines is 1. The molecule has 0 unspecified atom stereocenters. The van der Waals surface area contributed by atoms with E-state index in [-0.39, 0.29) is 22.9 Å². The van der Waals surface area contributed by atoms with Gasteiger partial charge in [-0.1, -0.05) is 23.9 Å². The molecular formula is C16H14FN3O3S. The number of Topliss-reactive ketones (excluding diaryl/α,β-unsaturated/α-hetero) is 2. The lowest BCUT2D eigenvalue weighted by Gasteiger charge is -2.09. The van der Waals surface area contributed by atoms with Gasteiger partial charge in [0.15, 0.2) is 17.4 Å². The molecule has 0 spiro atoms. The number of rotatable bonds is 6. The van der Waals surface area contributed by atoms with Crippen LogP contribution < -0.4 is 5.32 Å². The van der Waals surface area contributed by atoms with Crippen molar-refractivity contribution in [3.05, 3.63) is 47.8 Å². The van der Waals surface area contributed by atoms with E-state index >= 15 is 0 Å². The van der Waals surface area contributed by atoms with Crippen molar-refractivity contribution in [1.82, 2.24) is 10.2 Å². The number of carbonyl (C=O) groups is 3. The number of carbonyl (C=O) groups excluding carboxylic acids is 3. The molecule has 0 atom stereocenters. The summed E-state index contributed by atoms with van der Waals surface area (Å²) in [5.74, 6) is -1.69. The minimum Gasteiger partial charge on any atom is -0.305 e. The standard InChI is InChI=1S/C16H14FN3O3S/c1-9(21)15(10(2)22)24-14-8-7-13(19-20-14)18-16(23)11-5-3-4-6-12(11)17/h3-8,15H,1-2H3,(H,18,19,23). The largest absolute Gasteiger partial charge is 0.305 e. The zero-order valence-corrected chi connectivity index (χ0v) is 13.8. The molecule has 0 bridgehead atoms. The quantitative estimate of drug-likeness (QED) is 0.638. The average Bonchev–Trinajstić information content (AvgIpc) is 2.53. The molecule has 1 heterocycles. The van der Waals surface area contributed by atoms with Gasteiger partial charge in [0.25, 0.3) is 5.91 Å². The number of amides is 1. The van der Waals surface area contributed by atoms with Crippen LogP contribution in [0, 0.1) is 5.82 Å². The summed E-state index contributed by atoms with van der Waals surface area (Å²) in [6, 6.07) is 8.56. The van der Waals surface area contributed by atoms with Crippen LogP contribution in [0.2, 0.25) is 0 Å². The number of nitrogens with zero attached hydrogens (tertiary/aromatic N) is 2. The van der Waals surface area contributed by atoms with E-state index in [1.54, 1.807) is 6.07 Å². The van der Waals surface area contributed by atoms with Crippen molar-refractivity contribution in [2.75, 3.05) is 5.32 Å². The lowest BCUT2D eigenvalue weighted by molar-refractivity contribution is -0.123. The molecule has 6 nitrogen and oxygen atoms in total. The first-order valence-electron chi connectivity index (χ1n) is 6.95. The van der Waals surface area contributed by atoms with E-state index in [1.807, 2.05) is 0 Å². The summed E-state index contributed by atoms with van der Waals surface area (Å²) in [6.45, 7) is 2.66. The van der Waals surface area contributed by atoms with Crippen molar-refractivity contribution in [3.8, 4) is 0 Å². The number of hydrogen-bond acceptors (Lipinski definition) is 6. The first-order chi connectivity index (χ1) is 11.4. The summed E-state index contributed by atoms with van der Waals surface area (Å²) in [6.07, 6.45) is 0. The number of ketones is 2. The highest BCUT2D eigenvalue weighted by Gasteiger charge is 2.21. The summed E-state index contributed by atoms with van der Waals surface area (Å²) in [4.78, 5) is 34.8. The van der Waals surface area contributed by atoms with Crippen molar-refractivity contribution < 1.29 is 18.8 Å².